The third-order valence-corrected chi connectivity index (χ3v) is 6.53. The van der Waals surface area contributed by atoms with E-state index in [2.05, 4.69) is 44.2 Å². The molecule has 3 aromatic rings. The second-order valence-corrected chi connectivity index (χ2v) is 9.35. The van der Waals surface area contributed by atoms with Crippen LogP contribution in [0.3, 0.4) is 0 Å². The molecule has 2 heteroatoms. The predicted molar refractivity (Wildman–Crippen MR) is 143 cm³/mol. The molecule has 1 unspecified atom stereocenters. The van der Waals surface area contributed by atoms with E-state index in [1.807, 2.05) is 60.7 Å². The van der Waals surface area contributed by atoms with Crippen LogP contribution in [0.5, 0.6) is 11.5 Å². The van der Waals surface area contributed by atoms with Gasteiger partial charge in [0, 0.05) is 5.92 Å². The molecule has 3 rings (SSSR count). The lowest BCUT2D eigenvalue weighted by Crippen LogP contribution is -2.51. The summed E-state index contributed by atoms with van der Waals surface area (Å²) in [6, 6.07) is 31.0. The average molecular weight is 459 g/mol. The van der Waals surface area contributed by atoms with Gasteiger partial charge in [0.1, 0.15) is 11.5 Å². The molecule has 0 aliphatic rings. The van der Waals surface area contributed by atoms with E-state index in [1.165, 1.54) is 44.1 Å². The van der Waals surface area contributed by atoms with Crippen molar-refractivity contribution < 1.29 is 9.47 Å². The minimum Gasteiger partial charge on any atom is -0.452 e. The van der Waals surface area contributed by atoms with Gasteiger partial charge in [0.2, 0.25) is 0 Å². The Kier molecular flexibility index (Phi) is 11.0. The number of unbranched alkanes of at least 4 members (excludes halogenated alkanes) is 5. The first-order valence-electron chi connectivity index (χ1n) is 13.3. The number of ether oxygens (including phenoxy) is 2. The molecule has 1 atom stereocenters. The highest BCUT2D eigenvalue weighted by molar-refractivity contribution is 5.26. The molecule has 2 nitrogen and oxygen atoms in total. The maximum atomic E-state index is 6.90. The smallest absolute Gasteiger partial charge is 0.257 e. The summed E-state index contributed by atoms with van der Waals surface area (Å²) < 4.78 is 13.8. The van der Waals surface area contributed by atoms with Crippen LogP contribution >= 0.6 is 0 Å². The van der Waals surface area contributed by atoms with Crippen molar-refractivity contribution in [3.05, 3.63) is 96.6 Å². The lowest BCUT2D eigenvalue weighted by Gasteiger charge is -2.41. The summed E-state index contributed by atoms with van der Waals surface area (Å²) in [5.74, 6) is 1.23. The minimum absolute atomic E-state index is 0.282. The first-order valence-corrected chi connectivity index (χ1v) is 13.3. The van der Waals surface area contributed by atoms with Gasteiger partial charge in [-0.15, -0.1) is 0 Å². The maximum absolute atomic E-state index is 6.90. The Bertz CT molecular complexity index is 791. The SMILES string of the molecule is CCCCCCCCC(CCC)C(Cc1ccccc1)(Oc1ccccc1)Oc1ccccc1. The Labute approximate surface area is 207 Å². The fourth-order valence-electron chi connectivity index (χ4n) is 4.76. The van der Waals surface area contributed by atoms with Gasteiger partial charge in [0.05, 0.1) is 6.42 Å². The molecule has 34 heavy (non-hydrogen) atoms. The van der Waals surface area contributed by atoms with Crippen LogP contribution in [-0.2, 0) is 6.42 Å². The van der Waals surface area contributed by atoms with E-state index in [-0.39, 0.29) is 5.92 Å². The Balaban J connectivity index is 1.93. The molecule has 0 aromatic heterocycles. The molecule has 0 amide bonds. The van der Waals surface area contributed by atoms with Gasteiger partial charge >= 0.3 is 0 Å². The summed E-state index contributed by atoms with van der Waals surface area (Å²) >= 11 is 0. The van der Waals surface area contributed by atoms with Crippen molar-refractivity contribution in [2.24, 2.45) is 5.92 Å². The summed E-state index contributed by atoms with van der Waals surface area (Å²) in [6.45, 7) is 4.55. The largest absolute Gasteiger partial charge is 0.452 e. The number of hydrogen-bond donors (Lipinski definition) is 0. The van der Waals surface area contributed by atoms with Gasteiger partial charge in [0.15, 0.2) is 0 Å². The number of rotatable bonds is 16. The zero-order valence-electron chi connectivity index (χ0n) is 21.1. The minimum atomic E-state index is -0.774. The van der Waals surface area contributed by atoms with Crippen LogP contribution in [0.1, 0.15) is 77.2 Å². The normalized spacial score (nSPS) is 12.3. The van der Waals surface area contributed by atoms with Crippen LogP contribution in [0.4, 0.5) is 0 Å². The van der Waals surface area contributed by atoms with Crippen LogP contribution in [0.2, 0.25) is 0 Å². The summed E-state index contributed by atoms with van der Waals surface area (Å²) in [5, 5.41) is 0. The van der Waals surface area contributed by atoms with Crippen LogP contribution < -0.4 is 9.47 Å². The Hall–Kier alpha value is -2.74. The van der Waals surface area contributed by atoms with Crippen LogP contribution in [0.25, 0.3) is 0 Å². The van der Waals surface area contributed by atoms with E-state index in [4.69, 9.17) is 9.47 Å². The molecule has 0 saturated heterocycles. The van der Waals surface area contributed by atoms with E-state index in [1.54, 1.807) is 0 Å². The molecule has 3 aromatic carbocycles. The quantitative estimate of drug-likeness (QED) is 0.157. The summed E-state index contributed by atoms with van der Waals surface area (Å²) in [7, 11) is 0. The van der Waals surface area contributed by atoms with E-state index in [0.717, 1.165) is 30.8 Å². The van der Waals surface area contributed by atoms with Gasteiger partial charge in [-0.1, -0.05) is 126 Å². The van der Waals surface area contributed by atoms with Crippen molar-refractivity contribution in [3.8, 4) is 11.5 Å². The molecule has 0 aliphatic heterocycles. The second-order valence-electron chi connectivity index (χ2n) is 9.35. The van der Waals surface area contributed by atoms with Gasteiger partial charge in [-0.25, -0.2) is 0 Å². The highest BCUT2D eigenvalue weighted by Crippen LogP contribution is 2.37. The van der Waals surface area contributed by atoms with Crippen LogP contribution in [0.15, 0.2) is 91.0 Å². The van der Waals surface area contributed by atoms with Gasteiger partial charge in [0.25, 0.3) is 5.79 Å². The van der Waals surface area contributed by atoms with E-state index >= 15 is 0 Å². The molecule has 0 bridgehead atoms. The highest BCUT2D eigenvalue weighted by atomic mass is 16.7. The Morgan fingerprint density at radius 1 is 0.559 bits per heavy atom. The maximum Gasteiger partial charge on any atom is 0.257 e. The zero-order valence-corrected chi connectivity index (χ0v) is 21.1. The van der Waals surface area contributed by atoms with Gasteiger partial charge < -0.3 is 9.47 Å². The summed E-state index contributed by atoms with van der Waals surface area (Å²) in [4.78, 5) is 0. The first kappa shape index (κ1) is 25.9. The summed E-state index contributed by atoms with van der Waals surface area (Å²) in [6.07, 6.45) is 11.8. The molecular weight excluding hydrogens is 416 g/mol. The topological polar surface area (TPSA) is 18.5 Å². The third-order valence-electron chi connectivity index (χ3n) is 6.53. The number of hydrogen-bond acceptors (Lipinski definition) is 2. The van der Waals surface area contributed by atoms with Gasteiger partial charge in [-0.3, -0.25) is 0 Å². The molecule has 0 spiro atoms. The number of para-hydroxylation sites is 2. The van der Waals surface area contributed by atoms with Crippen molar-refractivity contribution >= 4 is 0 Å². The Morgan fingerprint density at radius 2 is 1.06 bits per heavy atom. The van der Waals surface area contributed by atoms with Crippen molar-refractivity contribution in [2.75, 3.05) is 0 Å². The predicted octanol–water partition coefficient (Wildman–Crippen LogP) is 9.25. The Morgan fingerprint density at radius 3 is 1.59 bits per heavy atom. The van der Waals surface area contributed by atoms with Crippen molar-refractivity contribution in [1.29, 1.82) is 0 Å². The molecule has 0 radical (unpaired) electrons. The second kappa shape index (κ2) is 14.5. The standard InChI is InChI=1S/C32H42O2/c1-3-5-6-7-8-14-22-29(19-4-2)32(27-28-20-12-9-13-21-28,33-30-23-15-10-16-24-30)34-31-25-17-11-18-26-31/h9-13,15-18,20-21,23-26,29H,3-8,14,19,22,27H2,1-2H3. The van der Waals surface area contributed by atoms with Crippen LogP contribution in [-0.4, -0.2) is 5.79 Å². The molecule has 182 valence electrons. The van der Waals surface area contributed by atoms with Gasteiger partial charge in [-0.05, 0) is 42.7 Å². The fourth-order valence-corrected chi connectivity index (χ4v) is 4.76. The van der Waals surface area contributed by atoms with Crippen molar-refractivity contribution in [1.82, 2.24) is 0 Å². The molecule has 0 fully saturated rings. The summed E-state index contributed by atoms with van der Waals surface area (Å²) in [5.41, 5.74) is 1.23. The van der Waals surface area contributed by atoms with Crippen molar-refractivity contribution in [3.63, 3.8) is 0 Å². The van der Waals surface area contributed by atoms with Gasteiger partial charge in [-0.2, -0.15) is 0 Å². The third kappa shape index (κ3) is 8.24. The average Bonchev–Trinajstić information content (AvgIpc) is 2.87. The molecule has 0 N–H and O–H groups in total. The first-order chi connectivity index (χ1) is 16.8. The van der Waals surface area contributed by atoms with Crippen molar-refractivity contribution in [2.45, 2.75) is 83.8 Å². The van der Waals surface area contributed by atoms with E-state index in [0.29, 0.717) is 6.42 Å². The monoisotopic (exact) mass is 458 g/mol. The zero-order chi connectivity index (χ0) is 23.9. The van der Waals surface area contributed by atoms with E-state index in [9.17, 15) is 0 Å². The highest BCUT2D eigenvalue weighted by Gasteiger charge is 2.43. The van der Waals surface area contributed by atoms with Crippen LogP contribution in [0, 0.1) is 5.92 Å². The fraction of sp³-hybridized carbons (Fsp3) is 0.438. The number of benzene rings is 3. The molecule has 0 aliphatic carbocycles. The lowest BCUT2D eigenvalue weighted by molar-refractivity contribution is -0.160. The lowest BCUT2D eigenvalue weighted by atomic mass is 9.84. The molecular formula is C32H42O2. The molecule has 0 saturated carbocycles. The van der Waals surface area contributed by atoms with E-state index < -0.39 is 5.79 Å². The molecule has 0 heterocycles.